The molecule has 1 aliphatic heterocycles. The van der Waals surface area contributed by atoms with Crippen LogP contribution >= 0.6 is 15.9 Å². The van der Waals surface area contributed by atoms with Crippen molar-refractivity contribution in [2.75, 3.05) is 27.9 Å². The van der Waals surface area contributed by atoms with Gasteiger partial charge in [0.05, 0.1) is 32.4 Å². The average Bonchev–Trinajstić information content (AvgIpc) is 2.93. The Hall–Kier alpha value is -3.33. The molecule has 1 heterocycles. The minimum Gasteiger partial charge on any atom is -0.503 e. The number of methoxy groups -OCH3 is 3. The molecule has 39 heavy (non-hydrogen) atoms. The van der Waals surface area contributed by atoms with Crippen LogP contribution in [0.15, 0.2) is 51.1 Å². The molecule has 0 bridgehead atoms. The van der Waals surface area contributed by atoms with Gasteiger partial charge in [0.2, 0.25) is 0 Å². The van der Waals surface area contributed by atoms with Gasteiger partial charge in [0.1, 0.15) is 5.92 Å². The van der Waals surface area contributed by atoms with Crippen LogP contribution in [0.3, 0.4) is 0 Å². The number of aliphatic imine (C=N–C) groups is 1. The first-order chi connectivity index (χ1) is 18.7. The standard InChI is InChI=1S/C30H34BrNO7/c1-6-7-10-39-30(35)26-16(2)32-21-12-18(17-8-9-23(36-3)24(14-17)37-4)13-22(33)28(21)27(26)19-11-20(31)29(34)25(15-19)38-5/h8-9,11,14-15,18,26-27,34H,6-7,10,12-13H2,1-5H3. The molecule has 2 aromatic rings. The van der Waals surface area contributed by atoms with Crippen LogP contribution in [0, 0.1) is 5.92 Å². The van der Waals surface area contributed by atoms with Gasteiger partial charge in [-0.1, -0.05) is 19.4 Å². The van der Waals surface area contributed by atoms with Crippen molar-refractivity contribution in [1.29, 1.82) is 0 Å². The molecule has 3 unspecified atom stereocenters. The van der Waals surface area contributed by atoms with E-state index in [1.165, 1.54) is 7.11 Å². The summed E-state index contributed by atoms with van der Waals surface area (Å²) in [4.78, 5) is 32.1. The van der Waals surface area contributed by atoms with E-state index in [4.69, 9.17) is 23.9 Å². The number of phenolic OH excluding ortho intramolecular Hbond substituents is 1. The lowest BCUT2D eigenvalue weighted by atomic mass is 9.69. The van der Waals surface area contributed by atoms with E-state index in [2.05, 4.69) is 15.9 Å². The molecular formula is C30H34BrNO7. The van der Waals surface area contributed by atoms with E-state index >= 15 is 0 Å². The summed E-state index contributed by atoms with van der Waals surface area (Å²) in [5, 5.41) is 10.4. The Morgan fingerprint density at radius 2 is 1.72 bits per heavy atom. The molecule has 0 spiro atoms. The van der Waals surface area contributed by atoms with Crippen molar-refractivity contribution in [3.63, 3.8) is 0 Å². The molecule has 0 saturated heterocycles. The molecule has 0 radical (unpaired) electrons. The smallest absolute Gasteiger partial charge is 0.315 e. The van der Waals surface area contributed by atoms with E-state index < -0.39 is 17.8 Å². The van der Waals surface area contributed by atoms with Gasteiger partial charge >= 0.3 is 5.97 Å². The number of hydrogen-bond donors (Lipinski definition) is 1. The van der Waals surface area contributed by atoms with Crippen molar-refractivity contribution >= 4 is 33.4 Å². The lowest BCUT2D eigenvalue weighted by Crippen LogP contribution is -2.38. The second kappa shape index (κ2) is 12.2. The summed E-state index contributed by atoms with van der Waals surface area (Å²) in [6, 6.07) is 9.08. The summed E-state index contributed by atoms with van der Waals surface area (Å²) in [6.45, 7) is 4.13. The summed E-state index contributed by atoms with van der Waals surface area (Å²) in [7, 11) is 4.62. The number of benzene rings is 2. The Kier molecular flexibility index (Phi) is 9.00. The number of carbonyl (C=O) groups excluding carboxylic acids is 2. The Bertz CT molecular complexity index is 1330. The Morgan fingerprint density at radius 3 is 2.38 bits per heavy atom. The van der Waals surface area contributed by atoms with Crippen molar-refractivity contribution < 1.29 is 33.6 Å². The number of phenols is 1. The molecule has 0 fully saturated rings. The van der Waals surface area contributed by atoms with E-state index in [9.17, 15) is 14.7 Å². The Labute approximate surface area is 237 Å². The van der Waals surface area contributed by atoms with Crippen LogP contribution in [0.4, 0.5) is 0 Å². The first kappa shape index (κ1) is 28.7. The molecule has 4 rings (SSSR count). The molecule has 1 N–H and O–H groups in total. The number of hydrogen-bond acceptors (Lipinski definition) is 8. The third-order valence-electron chi connectivity index (χ3n) is 7.39. The third-order valence-corrected chi connectivity index (χ3v) is 8.00. The van der Waals surface area contributed by atoms with Gasteiger partial charge in [-0.05, 0) is 77.0 Å². The van der Waals surface area contributed by atoms with Gasteiger partial charge < -0.3 is 24.1 Å². The number of allylic oxidation sites excluding steroid dienone is 2. The minimum absolute atomic E-state index is 0.0535. The van der Waals surface area contributed by atoms with Crippen LogP contribution in [-0.4, -0.2) is 50.5 Å². The number of aromatic hydroxyl groups is 1. The zero-order chi connectivity index (χ0) is 28.3. The maximum atomic E-state index is 13.9. The second-order valence-corrected chi connectivity index (χ2v) is 10.6. The molecule has 2 aliphatic rings. The lowest BCUT2D eigenvalue weighted by Gasteiger charge is -2.36. The van der Waals surface area contributed by atoms with Crippen LogP contribution in [0.1, 0.15) is 62.5 Å². The summed E-state index contributed by atoms with van der Waals surface area (Å²) in [6.07, 6.45) is 2.42. The molecule has 1 aliphatic carbocycles. The Balaban J connectivity index is 1.80. The van der Waals surface area contributed by atoms with Gasteiger partial charge in [-0.3, -0.25) is 14.6 Å². The number of ether oxygens (including phenoxy) is 4. The van der Waals surface area contributed by atoms with Gasteiger partial charge in [0, 0.05) is 29.3 Å². The molecular weight excluding hydrogens is 566 g/mol. The van der Waals surface area contributed by atoms with Gasteiger partial charge in [0.15, 0.2) is 28.8 Å². The van der Waals surface area contributed by atoms with Gasteiger partial charge in [-0.25, -0.2) is 0 Å². The highest BCUT2D eigenvalue weighted by Gasteiger charge is 2.45. The normalized spacial score (nSPS) is 20.7. The first-order valence-electron chi connectivity index (χ1n) is 13.0. The number of nitrogens with zero attached hydrogens (tertiary/aromatic N) is 1. The summed E-state index contributed by atoms with van der Waals surface area (Å²) in [5.41, 5.74) is 3.37. The van der Waals surface area contributed by atoms with Crippen LogP contribution in [0.5, 0.6) is 23.0 Å². The molecule has 0 amide bonds. The van der Waals surface area contributed by atoms with Gasteiger partial charge in [-0.15, -0.1) is 0 Å². The maximum absolute atomic E-state index is 13.9. The quantitative estimate of drug-likeness (QED) is 0.274. The molecule has 2 aromatic carbocycles. The molecule has 0 aromatic heterocycles. The molecule has 3 atom stereocenters. The Morgan fingerprint density at radius 1 is 1.03 bits per heavy atom. The van der Waals surface area contributed by atoms with E-state index in [-0.39, 0.29) is 29.6 Å². The fraction of sp³-hybridized carbons (Fsp3) is 0.433. The van der Waals surface area contributed by atoms with Crippen LogP contribution in [0.25, 0.3) is 0 Å². The maximum Gasteiger partial charge on any atom is 0.315 e. The largest absolute Gasteiger partial charge is 0.503 e. The summed E-state index contributed by atoms with van der Waals surface area (Å²) < 4.78 is 22.3. The van der Waals surface area contributed by atoms with E-state index in [1.54, 1.807) is 33.3 Å². The van der Waals surface area contributed by atoms with E-state index in [1.807, 2.05) is 25.1 Å². The van der Waals surface area contributed by atoms with Gasteiger partial charge in [-0.2, -0.15) is 0 Å². The minimum atomic E-state index is -0.775. The number of carbonyl (C=O) groups is 2. The highest BCUT2D eigenvalue weighted by molar-refractivity contribution is 9.10. The number of ketones is 1. The number of halogens is 1. The van der Waals surface area contributed by atoms with Crippen molar-refractivity contribution in [2.45, 2.75) is 51.4 Å². The molecule has 208 valence electrons. The summed E-state index contributed by atoms with van der Waals surface area (Å²) >= 11 is 3.40. The predicted molar refractivity (Wildman–Crippen MR) is 151 cm³/mol. The first-order valence-corrected chi connectivity index (χ1v) is 13.8. The second-order valence-electron chi connectivity index (χ2n) is 9.79. The number of Topliss-reactive ketones (excluding diaryl/α,β-unsaturated/α-hetero) is 1. The third kappa shape index (κ3) is 5.69. The van der Waals surface area contributed by atoms with Crippen molar-refractivity contribution in [3.05, 3.63) is 57.2 Å². The number of esters is 1. The van der Waals surface area contributed by atoms with E-state index in [0.717, 1.165) is 18.4 Å². The predicted octanol–water partition coefficient (Wildman–Crippen LogP) is 6.10. The molecule has 0 saturated carbocycles. The van der Waals surface area contributed by atoms with Crippen molar-refractivity contribution in [2.24, 2.45) is 10.9 Å². The van der Waals surface area contributed by atoms with Crippen molar-refractivity contribution in [3.8, 4) is 23.0 Å². The highest BCUT2D eigenvalue weighted by atomic mass is 79.9. The number of rotatable bonds is 9. The molecule has 8 nitrogen and oxygen atoms in total. The van der Waals surface area contributed by atoms with Crippen molar-refractivity contribution in [1.82, 2.24) is 0 Å². The topological polar surface area (TPSA) is 104 Å². The zero-order valence-corrected chi connectivity index (χ0v) is 24.5. The van der Waals surface area contributed by atoms with Crippen LogP contribution in [0.2, 0.25) is 0 Å². The average molecular weight is 601 g/mol. The van der Waals surface area contributed by atoms with Crippen LogP contribution in [-0.2, 0) is 14.3 Å². The summed E-state index contributed by atoms with van der Waals surface area (Å²) in [5.74, 6) is -0.605. The zero-order valence-electron chi connectivity index (χ0n) is 22.9. The van der Waals surface area contributed by atoms with Gasteiger partial charge in [0.25, 0.3) is 0 Å². The fourth-order valence-corrected chi connectivity index (χ4v) is 5.86. The SMILES string of the molecule is CCCCOC(=O)C1C(C)=NC2=C(C(=O)CC(c3ccc(OC)c(OC)c3)C2)C1c1cc(Br)c(O)c(OC)c1. The van der Waals surface area contributed by atoms with Crippen LogP contribution < -0.4 is 14.2 Å². The highest BCUT2D eigenvalue weighted by Crippen LogP contribution is 2.49. The monoisotopic (exact) mass is 599 g/mol. The van der Waals surface area contributed by atoms with E-state index in [0.29, 0.717) is 51.5 Å². The number of unbranched alkanes of at least 4 members (excludes halogenated alkanes) is 1. The lowest BCUT2D eigenvalue weighted by molar-refractivity contribution is -0.146. The fourth-order valence-electron chi connectivity index (χ4n) is 5.40. The molecule has 9 heteroatoms.